The molecule has 1 aromatic heterocycles. The van der Waals surface area contributed by atoms with Gasteiger partial charge < -0.3 is 19.9 Å². The Morgan fingerprint density at radius 2 is 2.32 bits per heavy atom. The van der Waals surface area contributed by atoms with Crippen molar-refractivity contribution in [2.75, 3.05) is 19.8 Å². The van der Waals surface area contributed by atoms with Crippen LogP contribution in [0.2, 0.25) is 0 Å². The maximum absolute atomic E-state index is 11.6. The summed E-state index contributed by atoms with van der Waals surface area (Å²) >= 11 is 0. The van der Waals surface area contributed by atoms with Gasteiger partial charge in [-0.1, -0.05) is 5.21 Å². The topological polar surface area (TPSA) is 116 Å². The smallest absolute Gasteiger partial charge is 0.358 e. The molecule has 1 amide bonds. The van der Waals surface area contributed by atoms with Crippen LogP contribution in [-0.4, -0.2) is 51.7 Å². The Balaban J connectivity index is 1.78. The first kappa shape index (κ1) is 12.9. The van der Waals surface area contributed by atoms with Crippen molar-refractivity contribution in [2.45, 2.75) is 6.54 Å². The first-order chi connectivity index (χ1) is 9.16. The molecule has 0 atom stereocenters. The minimum atomic E-state index is -1.15. The minimum absolute atomic E-state index is 0.121. The van der Waals surface area contributed by atoms with Crippen LogP contribution in [-0.2, 0) is 20.8 Å². The number of hydrogen-bond donors (Lipinski definition) is 2. The lowest BCUT2D eigenvalue weighted by Gasteiger charge is -2.14. The second-order valence-electron chi connectivity index (χ2n) is 3.63. The van der Waals surface area contributed by atoms with E-state index in [9.17, 15) is 9.59 Å². The quantitative estimate of drug-likeness (QED) is 0.702. The van der Waals surface area contributed by atoms with E-state index in [4.69, 9.17) is 14.6 Å². The maximum atomic E-state index is 11.6. The van der Waals surface area contributed by atoms with Crippen LogP contribution in [0.15, 0.2) is 18.2 Å². The molecule has 9 nitrogen and oxygen atoms in total. The molecule has 1 aliphatic heterocycles. The average molecular weight is 268 g/mol. The van der Waals surface area contributed by atoms with Crippen molar-refractivity contribution in [1.29, 1.82) is 0 Å². The lowest BCUT2D eigenvalue weighted by Crippen LogP contribution is -2.31. The number of nitrogens with zero attached hydrogens (tertiary/aromatic N) is 3. The molecule has 0 radical (unpaired) electrons. The third kappa shape index (κ3) is 3.44. The van der Waals surface area contributed by atoms with Gasteiger partial charge in [0, 0.05) is 6.54 Å². The van der Waals surface area contributed by atoms with E-state index in [0.29, 0.717) is 19.8 Å². The fraction of sp³-hybridized carbons (Fsp3) is 0.400. The van der Waals surface area contributed by atoms with Crippen molar-refractivity contribution in [3.63, 3.8) is 0 Å². The third-order valence-corrected chi connectivity index (χ3v) is 2.26. The fourth-order valence-electron chi connectivity index (χ4n) is 1.36. The average Bonchev–Trinajstić information content (AvgIpc) is 2.89. The zero-order valence-electron chi connectivity index (χ0n) is 9.90. The molecule has 19 heavy (non-hydrogen) atoms. The molecule has 0 fully saturated rings. The van der Waals surface area contributed by atoms with Crippen LogP contribution in [0.1, 0.15) is 10.5 Å². The first-order valence-corrected chi connectivity index (χ1v) is 5.53. The highest BCUT2D eigenvalue weighted by Gasteiger charge is 2.14. The number of hydrogen-bond acceptors (Lipinski definition) is 6. The SMILES string of the molecule is O=C(NCCn1cc(C(=O)O)nn1)C1=COCCO1. The van der Waals surface area contributed by atoms with Gasteiger partial charge >= 0.3 is 5.97 Å². The number of rotatable bonds is 5. The molecule has 0 aromatic carbocycles. The summed E-state index contributed by atoms with van der Waals surface area (Å²) in [6, 6.07) is 0. The molecule has 1 aliphatic rings. The van der Waals surface area contributed by atoms with Crippen LogP contribution in [0.3, 0.4) is 0 Å². The van der Waals surface area contributed by atoms with Crippen molar-refractivity contribution in [3.05, 3.63) is 23.9 Å². The summed E-state index contributed by atoms with van der Waals surface area (Å²) < 4.78 is 11.4. The Morgan fingerprint density at radius 3 is 2.95 bits per heavy atom. The van der Waals surface area contributed by atoms with Gasteiger partial charge in [0.25, 0.3) is 5.91 Å². The van der Waals surface area contributed by atoms with E-state index in [-0.39, 0.29) is 18.0 Å². The summed E-state index contributed by atoms with van der Waals surface area (Å²) in [4.78, 5) is 22.2. The molecular weight excluding hydrogens is 256 g/mol. The zero-order chi connectivity index (χ0) is 13.7. The number of carbonyl (C=O) groups excluding carboxylic acids is 1. The van der Waals surface area contributed by atoms with Crippen molar-refractivity contribution < 1.29 is 24.2 Å². The number of nitrogens with one attached hydrogen (secondary N) is 1. The number of ether oxygens (including phenoxy) is 2. The van der Waals surface area contributed by atoms with Gasteiger partial charge in [0.1, 0.15) is 19.5 Å². The van der Waals surface area contributed by atoms with Gasteiger partial charge in [-0.15, -0.1) is 5.10 Å². The van der Waals surface area contributed by atoms with Crippen molar-refractivity contribution in [3.8, 4) is 0 Å². The second kappa shape index (κ2) is 5.85. The minimum Gasteiger partial charge on any atom is -0.494 e. The Labute approximate surface area is 107 Å². The van der Waals surface area contributed by atoms with Gasteiger partial charge in [0.2, 0.25) is 5.76 Å². The molecule has 2 N–H and O–H groups in total. The lowest BCUT2D eigenvalue weighted by molar-refractivity contribution is -0.122. The molecule has 0 saturated heterocycles. The predicted octanol–water partition coefficient (Wildman–Crippen LogP) is -1.02. The van der Waals surface area contributed by atoms with Crippen LogP contribution >= 0.6 is 0 Å². The number of amides is 1. The van der Waals surface area contributed by atoms with E-state index < -0.39 is 11.9 Å². The van der Waals surface area contributed by atoms with E-state index in [0.717, 1.165) is 0 Å². The Morgan fingerprint density at radius 1 is 1.47 bits per heavy atom. The van der Waals surface area contributed by atoms with Gasteiger partial charge in [-0.2, -0.15) is 0 Å². The summed E-state index contributed by atoms with van der Waals surface area (Å²) in [5.41, 5.74) is -0.141. The van der Waals surface area contributed by atoms with Gasteiger partial charge in [-0.3, -0.25) is 4.79 Å². The van der Waals surface area contributed by atoms with Gasteiger partial charge in [-0.05, 0) is 0 Å². The fourth-order valence-corrected chi connectivity index (χ4v) is 1.36. The Hall–Kier alpha value is -2.58. The first-order valence-electron chi connectivity index (χ1n) is 5.53. The molecule has 9 heteroatoms. The van der Waals surface area contributed by atoms with Crippen molar-refractivity contribution >= 4 is 11.9 Å². The summed E-state index contributed by atoms with van der Waals surface area (Å²) in [7, 11) is 0. The largest absolute Gasteiger partial charge is 0.494 e. The van der Waals surface area contributed by atoms with Gasteiger partial charge in [0.15, 0.2) is 5.69 Å². The second-order valence-corrected chi connectivity index (χ2v) is 3.63. The molecule has 0 bridgehead atoms. The van der Waals surface area contributed by atoms with E-state index >= 15 is 0 Å². The molecular formula is C10H12N4O5. The summed E-state index contributed by atoms with van der Waals surface area (Å²) in [6.45, 7) is 1.33. The van der Waals surface area contributed by atoms with E-state index in [1.165, 1.54) is 17.1 Å². The highest BCUT2D eigenvalue weighted by molar-refractivity contribution is 5.91. The number of carboxylic acids is 1. The maximum Gasteiger partial charge on any atom is 0.358 e. The van der Waals surface area contributed by atoms with E-state index in [1.54, 1.807) is 0 Å². The van der Waals surface area contributed by atoms with Crippen LogP contribution in [0, 0.1) is 0 Å². The third-order valence-electron chi connectivity index (χ3n) is 2.26. The number of aromatic carboxylic acids is 1. The summed E-state index contributed by atoms with van der Waals surface area (Å²) in [6.07, 6.45) is 2.55. The van der Waals surface area contributed by atoms with Gasteiger partial charge in [-0.25, -0.2) is 9.48 Å². The number of carboxylic acid groups (broad SMARTS) is 1. The molecule has 1 aromatic rings. The molecule has 0 aliphatic carbocycles. The standard InChI is InChI=1S/C10H12N4O5/c15-9(8-6-18-3-4-19-8)11-1-2-14-5-7(10(16)17)12-13-14/h5-6H,1-4H2,(H,11,15)(H,16,17). The molecule has 102 valence electrons. The molecule has 2 rings (SSSR count). The highest BCUT2D eigenvalue weighted by Crippen LogP contribution is 2.03. The van der Waals surface area contributed by atoms with E-state index in [1.807, 2.05) is 0 Å². The predicted molar refractivity (Wildman–Crippen MR) is 60.0 cm³/mol. The summed E-state index contributed by atoms with van der Waals surface area (Å²) in [5.74, 6) is -1.41. The van der Waals surface area contributed by atoms with Crippen molar-refractivity contribution in [2.24, 2.45) is 0 Å². The van der Waals surface area contributed by atoms with Crippen LogP contribution in [0.25, 0.3) is 0 Å². The Bertz CT molecular complexity index is 510. The highest BCUT2D eigenvalue weighted by atomic mass is 16.6. The number of aromatic nitrogens is 3. The molecule has 0 unspecified atom stereocenters. The number of carbonyl (C=O) groups is 2. The monoisotopic (exact) mass is 268 g/mol. The summed E-state index contributed by atoms with van der Waals surface area (Å²) in [5, 5.41) is 18.3. The van der Waals surface area contributed by atoms with Gasteiger partial charge in [0.05, 0.1) is 12.7 Å². The molecule has 0 saturated carbocycles. The molecule has 2 heterocycles. The van der Waals surface area contributed by atoms with Crippen LogP contribution in [0.5, 0.6) is 0 Å². The molecule has 0 spiro atoms. The lowest BCUT2D eigenvalue weighted by atomic mass is 10.4. The van der Waals surface area contributed by atoms with Crippen molar-refractivity contribution in [1.82, 2.24) is 20.3 Å². The zero-order valence-corrected chi connectivity index (χ0v) is 9.90. The van der Waals surface area contributed by atoms with Crippen LogP contribution in [0.4, 0.5) is 0 Å². The normalized spacial score (nSPS) is 14.0. The van der Waals surface area contributed by atoms with Crippen LogP contribution < -0.4 is 5.32 Å². The van der Waals surface area contributed by atoms with E-state index in [2.05, 4.69) is 15.6 Å². The Kier molecular flexibility index (Phi) is 3.96.